The van der Waals surface area contributed by atoms with E-state index in [9.17, 15) is 4.79 Å². The zero-order valence-electron chi connectivity index (χ0n) is 9.05. The summed E-state index contributed by atoms with van der Waals surface area (Å²) in [7, 11) is 0. The first-order valence-corrected chi connectivity index (χ1v) is 5.08. The maximum absolute atomic E-state index is 11.3. The van der Waals surface area contributed by atoms with Crippen LogP contribution in [0.2, 0.25) is 0 Å². The molecule has 1 aromatic carbocycles. The first-order valence-electron chi connectivity index (χ1n) is 5.08. The number of benzene rings is 1. The molecule has 0 aliphatic rings. The van der Waals surface area contributed by atoms with E-state index in [0.29, 0.717) is 5.56 Å². The molecule has 1 aromatic heterocycles. The molecule has 0 spiro atoms. The number of nitrogens with zero attached hydrogens (tertiary/aromatic N) is 1. The summed E-state index contributed by atoms with van der Waals surface area (Å²) in [5.41, 5.74) is 3.37. The molecule has 0 unspecified atom stereocenters. The Morgan fingerprint density at radius 3 is 2.76 bits per heavy atom. The summed E-state index contributed by atoms with van der Waals surface area (Å²) in [6.45, 7) is 0. The van der Waals surface area contributed by atoms with E-state index in [2.05, 4.69) is 15.7 Å². The highest BCUT2D eigenvalue weighted by molar-refractivity contribution is 5.94. The van der Waals surface area contributed by atoms with E-state index in [1.165, 1.54) is 0 Å². The normalized spacial score (nSPS) is 9.71. The Morgan fingerprint density at radius 1 is 1.18 bits per heavy atom. The van der Waals surface area contributed by atoms with Gasteiger partial charge in [0.05, 0.1) is 0 Å². The number of rotatable bonds is 3. The van der Waals surface area contributed by atoms with Gasteiger partial charge in [-0.25, -0.2) is 10.8 Å². The van der Waals surface area contributed by atoms with Crippen LogP contribution in [0, 0.1) is 0 Å². The Balaban J connectivity index is 2.20. The smallest absolute Gasteiger partial charge is 0.265 e. The van der Waals surface area contributed by atoms with Crippen molar-refractivity contribution in [3.8, 4) is 0 Å². The lowest BCUT2D eigenvalue weighted by Crippen LogP contribution is -2.29. The van der Waals surface area contributed by atoms with Gasteiger partial charge in [0.25, 0.3) is 5.91 Å². The number of anilines is 2. The van der Waals surface area contributed by atoms with Crippen LogP contribution >= 0.6 is 0 Å². The van der Waals surface area contributed by atoms with Crippen LogP contribution < -0.4 is 16.6 Å². The third-order valence-corrected chi connectivity index (χ3v) is 2.19. The fourth-order valence-electron chi connectivity index (χ4n) is 1.41. The van der Waals surface area contributed by atoms with Gasteiger partial charge in [0, 0.05) is 17.4 Å². The molecule has 0 aliphatic heterocycles. The van der Waals surface area contributed by atoms with Crippen LogP contribution in [0.25, 0.3) is 0 Å². The Kier molecular flexibility index (Phi) is 3.32. The van der Waals surface area contributed by atoms with Gasteiger partial charge in [0.15, 0.2) is 0 Å². The number of hydrogen-bond acceptors (Lipinski definition) is 4. The van der Waals surface area contributed by atoms with E-state index in [-0.39, 0.29) is 5.91 Å². The second-order valence-corrected chi connectivity index (χ2v) is 3.39. The van der Waals surface area contributed by atoms with Crippen LogP contribution in [0.5, 0.6) is 0 Å². The van der Waals surface area contributed by atoms with Crippen molar-refractivity contribution in [2.45, 2.75) is 0 Å². The molecule has 1 heterocycles. The van der Waals surface area contributed by atoms with Crippen molar-refractivity contribution < 1.29 is 4.79 Å². The second kappa shape index (κ2) is 5.09. The number of carbonyl (C=O) groups excluding carboxylic acids is 1. The number of nitrogens with two attached hydrogens (primary N) is 1. The molecule has 86 valence electrons. The fourth-order valence-corrected chi connectivity index (χ4v) is 1.41. The summed E-state index contributed by atoms with van der Waals surface area (Å²) in [6.07, 6.45) is 1.69. The van der Waals surface area contributed by atoms with Gasteiger partial charge in [0.1, 0.15) is 5.82 Å². The minimum atomic E-state index is -0.324. The highest BCUT2D eigenvalue weighted by Gasteiger charge is 2.03. The van der Waals surface area contributed by atoms with Gasteiger partial charge in [0.2, 0.25) is 0 Å². The average molecular weight is 228 g/mol. The van der Waals surface area contributed by atoms with Gasteiger partial charge in [-0.1, -0.05) is 12.1 Å². The lowest BCUT2D eigenvalue weighted by Gasteiger charge is -2.06. The van der Waals surface area contributed by atoms with Crippen LogP contribution in [0.15, 0.2) is 48.7 Å². The number of carbonyl (C=O) groups is 1. The highest BCUT2D eigenvalue weighted by atomic mass is 16.2. The summed E-state index contributed by atoms with van der Waals surface area (Å²) >= 11 is 0. The monoisotopic (exact) mass is 228 g/mol. The largest absolute Gasteiger partial charge is 0.340 e. The molecule has 2 rings (SSSR count). The molecular weight excluding hydrogens is 216 g/mol. The van der Waals surface area contributed by atoms with Gasteiger partial charge < -0.3 is 5.32 Å². The predicted octanol–water partition coefficient (Wildman–Crippen LogP) is 1.43. The maximum atomic E-state index is 11.3. The first kappa shape index (κ1) is 11.1. The van der Waals surface area contributed by atoms with E-state index in [1.54, 1.807) is 24.4 Å². The summed E-state index contributed by atoms with van der Waals surface area (Å²) in [5.74, 6) is 5.47. The van der Waals surface area contributed by atoms with Crippen molar-refractivity contribution >= 4 is 17.4 Å². The van der Waals surface area contributed by atoms with Crippen LogP contribution in [0.1, 0.15) is 10.4 Å². The predicted molar refractivity (Wildman–Crippen MR) is 65.6 cm³/mol. The molecule has 1 amide bonds. The fraction of sp³-hybridized carbons (Fsp3) is 0. The molecule has 5 heteroatoms. The van der Waals surface area contributed by atoms with Crippen molar-refractivity contribution in [1.82, 2.24) is 10.4 Å². The Morgan fingerprint density at radius 2 is 2.06 bits per heavy atom. The average Bonchev–Trinajstić information content (AvgIpc) is 2.39. The first-order chi connectivity index (χ1) is 8.29. The number of amides is 1. The number of hydrogen-bond donors (Lipinski definition) is 3. The van der Waals surface area contributed by atoms with Gasteiger partial charge in [-0.05, 0) is 30.3 Å². The van der Waals surface area contributed by atoms with Crippen LogP contribution in [0.3, 0.4) is 0 Å². The highest BCUT2D eigenvalue weighted by Crippen LogP contribution is 2.15. The zero-order chi connectivity index (χ0) is 12.1. The minimum Gasteiger partial charge on any atom is -0.340 e. The van der Waals surface area contributed by atoms with Crippen molar-refractivity contribution in [2.24, 2.45) is 5.84 Å². The van der Waals surface area contributed by atoms with Crippen LogP contribution in [0.4, 0.5) is 11.5 Å². The van der Waals surface area contributed by atoms with Crippen LogP contribution in [-0.2, 0) is 0 Å². The Hall–Kier alpha value is -2.40. The quantitative estimate of drug-likeness (QED) is 0.422. The Labute approximate surface area is 98.6 Å². The topological polar surface area (TPSA) is 80.0 Å². The van der Waals surface area contributed by atoms with Crippen molar-refractivity contribution in [2.75, 3.05) is 5.32 Å². The number of pyridine rings is 1. The number of hydrazine groups is 1. The standard InChI is InChI=1S/C12H12N4O/c13-16-12(17)9-4-3-5-10(8-9)15-11-6-1-2-7-14-11/h1-8H,13H2,(H,14,15)(H,16,17). The van der Waals surface area contributed by atoms with E-state index in [4.69, 9.17) is 5.84 Å². The Bertz CT molecular complexity index is 513. The third kappa shape index (κ3) is 2.79. The lowest BCUT2D eigenvalue weighted by molar-refractivity contribution is 0.0953. The molecule has 0 bridgehead atoms. The van der Waals surface area contributed by atoms with Gasteiger partial charge >= 0.3 is 0 Å². The number of nitrogen functional groups attached to an aromatic ring is 1. The van der Waals surface area contributed by atoms with Crippen molar-refractivity contribution in [3.63, 3.8) is 0 Å². The molecule has 2 aromatic rings. The van der Waals surface area contributed by atoms with Gasteiger partial charge in [-0.3, -0.25) is 10.2 Å². The number of aromatic nitrogens is 1. The molecule has 0 radical (unpaired) electrons. The molecule has 0 saturated heterocycles. The number of nitrogens with one attached hydrogen (secondary N) is 2. The maximum Gasteiger partial charge on any atom is 0.265 e. The molecule has 0 fully saturated rings. The molecule has 5 nitrogen and oxygen atoms in total. The lowest BCUT2D eigenvalue weighted by atomic mass is 10.2. The van der Waals surface area contributed by atoms with Crippen LogP contribution in [-0.4, -0.2) is 10.9 Å². The zero-order valence-corrected chi connectivity index (χ0v) is 9.05. The second-order valence-electron chi connectivity index (χ2n) is 3.39. The van der Waals surface area contributed by atoms with E-state index < -0.39 is 0 Å². The van der Waals surface area contributed by atoms with Gasteiger partial charge in [-0.2, -0.15) is 0 Å². The van der Waals surface area contributed by atoms with Crippen molar-refractivity contribution in [3.05, 3.63) is 54.2 Å². The van der Waals surface area contributed by atoms with E-state index in [0.717, 1.165) is 11.5 Å². The van der Waals surface area contributed by atoms with Gasteiger partial charge in [-0.15, -0.1) is 0 Å². The van der Waals surface area contributed by atoms with E-state index in [1.807, 2.05) is 24.3 Å². The molecule has 0 aliphatic carbocycles. The van der Waals surface area contributed by atoms with Crippen molar-refractivity contribution in [1.29, 1.82) is 0 Å². The molecule has 17 heavy (non-hydrogen) atoms. The third-order valence-electron chi connectivity index (χ3n) is 2.19. The molecule has 0 saturated carbocycles. The van der Waals surface area contributed by atoms with E-state index >= 15 is 0 Å². The molecular formula is C12H12N4O. The summed E-state index contributed by atoms with van der Waals surface area (Å²) in [4.78, 5) is 15.5. The summed E-state index contributed by atoms with van der Waals surface area (Å²) in [6, 6.07) is 12.6. The summed E-state index contributed by atoms with van der Waals surface area (Å²) in [5, 5.41) is 3.09. The molecule has 0 atom stereocenters. The SMILES string of the molecule is NNC(=O)c1cccc(Nc2ccccn2)c1. The molecule has 4 N–H and O–H groups in total. The minimum absolute atomic E-state index is 0.324. The summed E-state index contributed by atoms with van der Waals surface area (Å²) < 4.78 is 0.